The number of carbonyl (C=O) groups is 1. The van der Waals surface area contributed by atoms with Crippen molar-refractivity contribution >= 4 is 11.6 Å². The fourth-order valence-electron chi connectivity index (χ4n) is 1.28. The van der Waals surface area contributed by atoms with Gasteiger partial charge in [-0.1, -0.05) is 5.92 Å². The van der Waals surface area contributed by atoms with E-state index < -0.39 is 0 Å². The van der Waals surface area contributed by atoms with E-state index in [9.17, 15) is 4.79 Å². The number of nitrogens with zero attached hydrogens (tertiary/aromatic N) is 2. The summed E-state index contributed by atoms with van der Waals surface area (Å²) in [7, 11) is 0. The Balaban J connectivity index is 2.98. The van der Waals surface area contributed by atoms with Crippen LogP contribution in [0.4, 0.5) is 5.82 Å². The predicted octanol–water partition coefficient (Wildman–Crippen LogP) is 1.74. The highest BCUT2D eigenvalue weighted by atomic mass is 16.1. The summed E-state index contributed by atoms with van der Waals surface area (Å²) in [6, 6.07) is 3.47. The van der Waals surface area contributed by atoms with E-state index in [-0.39, 0.29) is 5.78 Å². The minimum absolute atomic E-state index is 0.0374. The number of hydrogen-bond acceptors (Lipinski definition) is 3. The number of anilines is 1. The Morgan fingerprint density at radius 2 is 2.40 bits per heavy atom. The number of rotatable bonds is 4. The van der Waals surface area contributed by atoms with Gasteiger partial charge in [-0.2, -0.15) is 0 Å². The number of ketones is 1. The fourth-order valence-corrected chi connectivity index (χ4v) is 1.28. The molecule has 0 N–H and O–H groups in total. The normalized spacial score (nSPS) is 9.40. The molecular weight excluding hydrogens is 188 g/mol. The third kappa shape index (κ3) is 2.81. The van der Waals surface area contributed by atoms with Gasteiger partial charge in [0.05, 0.1) is 6.54 Å². The van der Waals surface area contributed by atoms with E-state index in [4.69, 9.17) is 6.42 Å². The summed E-state index contributed by atoms with van der Waals surface area (Å²) >= 11 is 0. The molecule has 0 saturated heterocycles. The summed E-state index contributed by atoms with van der Waals surface area (Å²) in [5, 5.41) is 0. The molecule has 1 heterocycles. The van der Waals surface area contributed by atoms with Gasteiger partial charge in [-0.3, -0.25) is 4.79 Å². The highest BCUT2D eigenvalue weighted by Gasteiger charge is 2.06. The lowest BCUT2D eigenvalue weighted by atomic mass is 10.2. The molecule has 0 unspecified atom stereocenters. The monoisotopic (exact) mass is 202 g/mol. The summed E-state index contributed by atoms with van der Waals surface area (Å²) in [6.45, 7) is 4.82. The van der Waals surface area contributed by atoms with Crippen molar-refractivity contribution in [1.29, 1.82) is 0 Å². The van der Waals surface area contributed by atoms with Crippen LogP contribution in [0, 0.1) is 12.3 Å². The van der Waals surface area contributed by atoms with Gasteiger partial charge < -0.3 is 4.90 Å². The van der Waals surface area contributed by atoms with E-state index in [0.29, 0.717) is 12.1 Å². The van der Waals surface area contributed by atoms with Crippen molar-refractivity contribution in [3.05, 3.63) is 23.9 Å². The van der Waals surface area contributed by atoms with Crippen LogP contribution in [0.5, 0.6) is 0 Å². The average molecular weight is 202 g/mol. The third-order valence-corrected chi connectivity index (χ3v) is 2.14. The second-order valence-electron chi connectivity index (χ2n) is 3.18. The van der Waals surface area contributed by atoms with E-state index >= 15 is 0 Å². The molecule has 0 saturated carbocycles. The Labute approximate surface area is 90.1 Å². The molecule has 0 aliphatic carbocycles. The Morgan fingerprint density at radius 1 is 1.67 bits per heavy atom. The molecule has 1 aromatic rings. The van der Waals surface area contributed by atoms with Gasteiger partial charge in [0.15, 0.2) is 5.78 Å². The summed E-state index contributed by atoms with van der Waals surface area (Å²) in [5.41, 5.74) is 0.662. The number of carbonyl (C=O) groups excluding carboxylic acids is 1. The highest BCUT2D eigenvalue weighted by Crippen LogP contribution is 2.12. The van der Waals surface area contributed by atoms with E-state index in [2.05, 4.69) is 10.9 Å². The number of pyridine rings is 1. The van der Waals surface area contributed by atoms with Gasteiger partial charge in [-0.15, -0.1) is 6.42 Å². The molecule has 78 valence electrons. The maximum atomic E-state index is 11.2. The lowest BCUT2D eigenvalue weighted by Crippen LogP contribution is -2.24. The molecule has 3 nitrogen and oxygen atoms in total. The summed E-state index contributed by atoms with van der Waals surface area (Å²) in [4.78, 5) is 17.3. The van der Waals surface area contributed by atoms with E-state index in [1.165, 1.54) is 6.92 Å². The SMILES string of the molecule is C#CCN(CC)c1cc(C(C)=O)ccn1. The first-order chi connectivity index (χ1) is 7.19. The molecule has 0 fully saturated rings. The third-order valence-electron chi connectivity index (χ3n) is 2.14. The smallest absolute Gasteiger partial charge is 0.159 e. The number of terminal acetylenes is 1. The lowest BCUT2D eigenvalue weighted by molar-refractivity contribution is 0.101. The molecule has 15 heavy (non-hydrogen) atoms. The molecule has 0 aromatic carbocycles. The molecule has 0 bridgehead atoms. The van der Waals surface area contributed by atoms with Gasteiger partial charge in [-0.25, -0.2) is 4.98 Å². The van der Waals surface area contributed by atoms with Gasteiger partial charge in [0.25, 0.3) is 0 Å². The van der Waals surface area contributed by atoms with Gasteiger partial charge in [0, 0.05) is 18.3 Å². The summed E-state index contributed by atoms with van der Waals surface area (Å²) in [5.74, 6) is 3.36. The zero-order chi connectivity index (χ0) is 11.3. The molecule has 1 aromatic heterocycles. The number of aromatic nitrogens is 1. The highest BCUT2D eigenvalue weighted by molar-refractivity contribution is 5.94. The molecule has 1 rings (SSSR count). The Kier molecular flexibility index (Phi) is 3.87. The van der Waals surface area contributed by atoms with Gasteiger partial charge in [0.2, 0.25) is 0 Å². The molecule has 0 aliphatic heterocycles. The molecular formula is C12H14N2O. The van der Waals surface area contributed by atoms with Crippen LogP contribution < -0.4 is 4.90 Å². The quantitative estimate of drug-likeness (QED) is 0.551. The van der Waals surface area contributed by atoms with Crippen molar-refractivity contribution < 1.29 is 4.79 Å². The first-order valence-electron chi connectivity index (χ1n) is 4.84. The van der Waals surface area contributed by atoms with Crippen LogP contribution in [0.2, 0.25) is 0 Å². The topological polar surface area (TPSA) is 33.2 Å². The van der Waals surface area contributed by atoms with Crippen molar-refractivity contribution in [1.82, 2.24) is 4.98 Å². The number of Topliss-reactive ketones (excluding diaryl/α,β-unsaturated/α-hetero) is 1. The minimum Gasteiger partial charge on any atom is -0.346 e. The molecule has 0 radical (unpaired) electrons. The van der Waals surface area contributed by atoms with Crippen LogP contribution in [-0.4, -0.2) is 23.9 Å². The summed E-state index contributed by atoms with van der Waals surface area (Å²) < 4.78 is 0. The zero-order valence-electron chi connectivity index (χ0n) is 9.03. The van der Waals surface area contributed by atoms with Gasteiger partial charge >= 0.3 is 0 Å². The minimum atomic E-state index is 0.0374. The fraction of sp³-hybridized carbons (Fsp3) is 0.333. The lowest BCUT2D eigenvalue weighted by Gasteiger charge is -2.19. The average Bonchev–Trinajstić information content (AvgIpc) is 2.26. The number of hydrogen-bond donors (Lipinski definition) is 0. The Morgan fingerprint density at radius 3 is 2.93 bits per heavy atom. The van der Waals surface area contributed by atoms with Crippen LogP contribution in [0.3, 0.4) is 0 Å². The first-order valence-corrected chi connectivity index (χ1v) is 4.84. The van der Waals surface area contributed by atoms with Crippen molar-refractivity contribution in [3.8, 4) is 12.3 Å². The van der Waals surface area contributed by atoms with Crippen molar-refractivity contribution in [2.45, 2.75) is 13.8 Å². The van der Waals surface area contributed by atoms with E-state index in [1.54, 1.807) is 18.3 Å². The summed E-state index contributed by atoms with van der Waals surface area (Å²) in [6.07, 6.45) is 6.88. The zero-order valence-corrected chi connectivity index (χ0v) is 9.03. The second kappa shape index (κ2) is 5.16. The molecule has 0 atom stereocenters. The van der Waals surface area contributed by atoms with Crippen molar-refractivity contribution in [2.75, 3.05) is 18.0 Å². The second-order valence-corrected chi connectivity index (χ2v) is 3.18. The largest absolute Gasteiger partial charge is 0.346 e. The van der Waals surface area contributed by atoms with Crippen LogP contribution >= 0.6 is 0 Å². The van der Waals surface area contributed by atoms with E-state index in [1.807, 2.05) is 11.8 Å². The predicted molar refractivity (Wildman–Crippen MR) is 61.0 cm³/mol. The van der Waals surface area contributed by atoms with Gasteiger partial charge in [0.1, 0.15) is 5.82 Å². The maximum Gasteiger partial charge on any atom is 0.159 e. The molecule has 0 spiro atoms. The van der Waals surface area contributed by atoms with Crippen LogP contribution in [-0.2, 0) is 0 Å². The first kappa shape index (κ1) is 11.3. The van der Waals surface area contributed by atoms with E-state index in [0.717, 1.165) is 12.4 Å². The Bertz CT molecular complexity index is 393. The molecule has 0 aliphatic rings. The van der Waals surface area contributed by atoms with Crippen LogP contribution in [0.15, 0.2) is 18.3 Å². The standard InChI is InChI=1S/C12H14N2O/c1-4-8-14(5-2)12-9-11(10(3)15)6-7-13-12/h1,6-7,9H,5,8H2,2-3H3. The Hall–Kier alpha value is -1.82. The van der Waals surface area contributed by atoms with Crippen molar-refractivity contribution in [3.63, 3.8) is 0 Å². The maximum absolute atomic E-state index is 11.2. The molecule has 0 amide bonds. The van der Waals surface area contributed by atoms with Gasteiger partial charge in [-0.05, 0) is 26.0 Å². The molecule has 3 heteroatoms. The van der Waals surface area contributed by atoms with Crippen molar-refractivity contribution in [2.24, 2.45) is 0 Å². The van der Waals surface area contributed by atoms with Crippen LogP contribution in [0.25, 0.3) is 0 Å². The van der Waals surface area contributed by atoms with Crippen LogP contribution in [0.1, 0.15) is 24.2 Å².